The number of aliphatic hydroxyl groups excluding tert-OH is 2. The van der Waals surface area contributed by atoms with E-state index < -0.39 is 20.5 Å². The molecule has 0 radical (unpaired) electrons. The predicted molar refractivity (Wildman–Crippen MR) is 129 cm³/mol. The van der Waals surface area contributed by atoms with E-state index in [0.717, 1.165) is 11.1 Å². The van der Waals surface area contributed by atoms with Crippen LogP contribution in [0.1, 0.15) is 11.1 Å². The maximum absolute atomic E-state index is 9.29. The van der Waals surface area contributed by atoms with Gasteiger partial charge in [0.2, 0.25) is 0 Å². The third-order valence-corrected chi connectivity index (χ3v) is 5.04. The standard InChI is InChI=1S/2C12H11N5O.2ClHO4.Fe/c2*18-9-10-7-11(16-5-1-3-13-16)15-12(8-10)17-6-2-4-14-17;2*2-1(3,4)5;/h2*1-8,18H,9H2;2*(H,2,3,4,5);/q;;;;+2/p-2. The number of halogens is 2. The molecule has 0 aliphatic rings. The van der Waals surface area contributed by atoms with Crippen molar-refractivity contribution < 1.29 is 85.0 Å². The van der Waals surface area contributed by atoms with Crippen molar-refractivity contribution in [3.63, 3.8) is 0 Å². The van der Waals surface area contributed by atoms with Gasteiger partial charge in [0.05, 0.1) is 13.2 Å². The van der Waals surface area contributed by atoms with E-state index in [0.29, 0.717) is 23.3 Å². The van der Waals surface area contributed by atoms with Crippen molar-refractivity contribution in [3.05, 3.63) is 109 Å². The third-order valence-electron chi connectivity index (χ3n) is 5.04. The van der Waals surface area contributed by atoms with Gasteiger partial charge in [-0.2, -0.15) is 20.4 Å². The zero-order valence-electron chi connectivity index (χ0n) is 23.4. The van der Waals surface area contributed by atoms with E-state index in [4.69, 9.17) is 37.3 Å². The van der Waals surface area contributed by atoms with Gasteiger partial charge in [0.25, 0.3) is 0 Å². The molecule has 0 unspecified atom stereocenters. The summed E-state index contributed by atoms with van der Waals surface area (Å²) in [4.78, 5) is 8.91. The number of aliphatic hydroxyl groups is 2. The average molecular weight is 737 g/mol. The molecule has 6 rings (SSSR count). The molecule has 0 aliphatic carbocycles. The summed E-state index contributed by atoms with van der Waals surface area (Å²) in [5.74, 6) is 2.60. The van der Waals surface area contributed by atoms with Crippen molar-refractivity contribution >= 4 is 0 Å². The molecular formula is C24H22Cl2FeN10O10. The first-order valence-corrected chi connectivity index (χ1v) is 14.7. The van der Waals surface area contributed by atoms with Crippen molar-refractivity contribution in [3.8, 4) is 23.3 Å². The molecule has 0 saturated heterocycles. The summed E-state index contributed by atoms with van der Waals surface area (Å²) in [6, 6.07) is 14.4. The monoisotopic (exact) mass is 736 g/mol. The van der Waals surface area contributed by atoms with Crippen LogP contribution in [0.5, 0.6) is 0 Å². The molecule has 0 bridgehead atoms. The second kappa shape index (κ2) is 18.2. The van der Waals surface area contributed by atoms with Crippen molar-refractivity contribution in [2.75, 3.05) is 0 Å². The van der Waals surface area contributed by atoms with Crippen molar-refractivity contribution in [2.45, 2.75) is 13.2 Å². The number of hydrogen-bond donors (Lipinski definition) is 2. The Balaban J connectivity index is 0.000000251. The van der Waals surface area contributed by atoms with Gasteiger partial charge in [-0.05, 0) is 59.7 Å². The first-order chi connectivity index (χ1) is 21.7. The molecule has 6 aromatic heterocycles. The third kappa shape index (κ3) is 14.4. The van der Waals surface area contributed by atoms with Crippen molar-refractivity contribution in [1.29, 1.82) is 0 Å². The minimum absolute atomic E-state index is 0. The maximum Gasteiger partial charge on any atom is 2.00 e. The number of hydrogen-bond acceptors (Lipinski definition) is 16. The Labute approximate surface area is 279 Å². The Morgan fingerprint density at radius 1 is 0.468 bits per heavy atom. The summed E-state index contributed by atoms with van der Waals surface area (Å²) in [6.07, 6.45) is 13.9. The smallest absolute Gasteiger partial charge is 0.392 e. The molecule has 0 aliphatic heterocycles. The van der Waals surface area contributed by atoms with E-state index in [1.54, 1.807) is 92.6 Å². The van der Waals surface area contributed by atoms with Crippen LogP contribution in [0, 0.1) is 20.5 Å². The van der Waals surface area contributed by atoms with Gasteiger partial charge in [-0.3, -0.25) is 0 Å². The van der Waals surface area contributed by atoms with E-state index >= 15 is 0 Å². The molecule has 6 heterocycles. The van der Waals surface area contributed by atoms with Crippen LogP contribution in [-0.4, -0.2) is 59.3 Å². The second-order valence-corrected chi connectivity index (χ2v) is 9.77. The summed E-state index contributed by atoms with van der Waals surface area (Å²) >= 11 is 0. The maximum atomic E-state index is 9.29. The Morgan fingerprint density at radius 3 is 0.830 bits per heavy atom. The molecule has 250 valence electrons. The minimum atomic E-state index is -4.94. The molecule has 0 fully saturated rings. The van der Waals surface area contributed by atoms with Gasteiger partial charge < -0.3 is 10.2 Å². The molecule has 23 heteroatoms. The van der Waals surface area contributed by atoms with Crippen LogP contribution in [0.2, 0.25) is 0 Å². The molecule has 47 heavy (non-hydrogen) atoms. The van der Waals surface area contributed by atoms with Crippen LogP contribution < -0.4 is 37.3 Å². The van der Waals surface area contributed by atoms with Crippen LogP contribution in [0.4, 0.5) is 0 Å². The van der Waals surface area contributed by atoms with E-state index in [2.05, 4.69) is 30.4 Å². The average Bonchev–Trinajstić information content (AvgIpc) is 3.83. The zero-order valence-corrected chi connectivity index (χ0v) is 26.0. The summed E-state index contributed by atoms with van der Waals surface area (Å²) in [5, 5.41) is 35.1. The SMILES string of the molecule is OCc1cc(-n2cccn2)nc(-n2cccn2)c1.OCc1cc(-n2cccn2)nc(-n2cccn2)c1.[Fe+2].[O-][Cl+3]([O-])([O-])[O-].[O-][Cl+3]([O-])([O-])[O-]. The van der Waals surface area contributed by atoms with Gasteiger partial charge in [0, 0.05) is 49.6 Å². The summed E-state index contributed by atoms with van der Waals surface area (Å²) < 4.78 is 74.5. The molecule has 2 N–H and O–H groups in total. The van der Waals surface area contributed by atoms with Gasteiger partial charge >= 0.3 is 17.1 Å². The fourth-order valence-electron chi connectivity index (χ4n) is 3.38. The largest absolute Gasteiger partial charge is 2.00 e. The van der Waals surface area contributed by atoms with Crippen LogP contribution in [0.3, 0.4) is 0 Å². The molecule has 20 nitrogen and oxygen atoms in total. The van der Waals surface area contributed by atoms with Crippen LogP contribution in [-0.2, 0) is 30.3 Å². The van der Waals surface area contributed by atoms with Crippen molar-refractivity contribution in [1.82, 2.24) is 49.1 Å². The molecule has 0 spiro atoms. The van der Waals surface area contributed by atoms with Gasteiger partial charge in [0.1, 0.15) is 0 Å². The van der Waals surface area contributed by atoms with Gasteiger partial charge in [-0.15, -0.1) is 20.5 Å². The van der Waals surface area contributed by atoms with Gasteiger partial charge in [-0.1, -0.05) is 0 Å². The van der Waals surface area contributed by atoms with E-state index in [1.165, 1.54) is 0 Å². The van der Waals surface area contributed by atoms with E-state index in [1.807, 2.05) is 24.3 Å². The first kappa shape index (κ1) is 39.0. The van der Waals surface area contributed by atoms with Crippen LogP contribution >= 0.6 is 0 Å². The Bertz CT molecular complexity index is 1470. The van der Waals surface area contributed by atoms with Crippen LogP contribution in [0.15, 0.2) is 98.1 Å². The van der Waals surface area contributed by atoms with E-state index in [-0.39, 0.29) is 30.3 Å². The molecule has 0 saturated carbocycles. The quantitative estimate of drug-likeness (QED) is 0.150. The molecule has 0 aromatic carbocycles. The molecule has 0 amide bonds. The fourth-order valence-corrected chi connectivity index (χ4v) is 3.38. The normalized spacial score (nSPS) is 10.8. The summed E-state index contributed by atoms with van der Waals surface area (Å²) in [7, 11) is -9.89. The first-order valence-electron chi connectivity index (χ1n) is 12.2. The summed E-state index contributed by atoms with van der Waals surface area (Å²) in [6.45, 7) is -0.101. The van der Waals surface area contributed by atoms with Crippen LogP contribution in [0.25, 0.3) is 23.3 Å². The van der Waals surface area contributed by atoms with Crippen molar-refractivity contribution in [2.24, 2.45) is 0 Å². The Morgan fingerprint density at radius 2 is 0.681 bits per heavy atom. The Kier molecular flexibility index (Phi) is 15.1. The predicted octanol–water partition coefficient (Wildman–Crippen LogP) is -7.62. The number of aromatic nitrogens is 10. The Hall–Kier alpha value is -4.16. The molecular weight excluding hydrogens is 715 g/mol. The summed E-state index contributed by atoms with van der Waals surface area (Å²) in [5.41, 5.74) is 1.53. The van der Waals surface area contributed by atoms with E-state index in [9.17, 15) is 10.2 Å². The fraction of sp³-hybridized carbons (Fsp3) is 0.0833. The second-order valence-electron chi connectivity index (χ2n) is 8.26. The number of pyridine rings is 2. The number of rotatable bonds is 6. The topological polar surface area (TPSA) is 322 Å². The zero-order chi connectivity index (χ0) is 33.7. The van der Waals surface area contributed by atoms with Gasteiger partial charge in [-0.25, -0.2) is 66.0 Å². The minimum Gasteiger partial charge on any atom is -0.392 e. The number of nitrogens with zero attached hydrogens (tertiary/aromatic N) is 10. The molecule has 0 atom stereocenters. The van der Waals surface area contributed by atoms with Gasteiger partial charge in [0.15, 0.2) is 23.3 Å². The molecule has 6 aromatic rings.